The summed E-state index contributed by atoms with van der Waals surface area (Å²) >= 11 is 0. The molecule has 19 heavy (non-hydrogen) atoms. The van der Waals surface area contributed by atoms with Crippen molar-refractivity contribution in [2.24, 2.45) is 5.92 Å². The molecule has 2 atom stereocenters. The van der Waals surface area contributed by atoms with E-state index >= 15 is 0 Å². The molecule has 5 nitrogen and oxygen atoms in total. The number of likely N-dealkylation sites (tertiary alicyclic amines) is 1. The molecule has 0 aromatic heterocycles. The molecule has 1 saturated carbocycles. The summed E-state index contributed by atoms with van der Waals surface area (Å²) in [5.74, 6) is -0.891. The molecular formula is C14H24N2O3. The van der Waals surface area contributed by atoms with Crippen LogP contribution < -0.4 is 5.32 Å². The summed E-state index contributed by atoms with van der Waals surface area (Å²) in [6.45, 7) is 3.43. The Labute approximate surface area is 114 Å². The van der Waals surface area contributed by atoms with Crippen LogP contribution in [0.1, 0.15) is 51.9 Å². The number of carbonyl (C=O) groups excluding carboxylic acids is 1. The number of carboxylic acids is 1. The molecule has 2 rings (SSSR count). The van der Waals surface area contributed by atoms with Gasteiger partial charge in [-0.25, -0.2) is 9.59 Å². The maximum absolute atomic E-state index is 12.3. The molecule has 1 aliphatic heterocycles. The van der Waals surface area contributed by atoms with E-state index in [1.54, 1.807) is 4.90 Å². The van der Waals surface area contributed by atoms with Gasteiger partial charge in [-0.05, 0) is 38.0 Å². The molecule has 1 saturated heterocycles. The summed E-state index contributed by atoms with van der Waals surface area (Å²) in [6.07, 6.45) is 6.53. The van der Waals surface area contributed by atoms with E-state index in [1.807, 2.05) is 6.92 Å². The van der Waals surface area contributed by atoms with Gasteiger partial charge in [0.25, 0.3) is 0 Å². The Morgan fingerprint density at radius 1 is 1.16 bits per heavy atom. The van der Waals surface area contributed by atoms with Crippen molar-refractivity contribution >= 4 is 12.0 Å². The average Bonchev–Trinajstić information content (AvgIpc) is 2.42. The fraction of sp³-hybridized carbons (Fsp3) is 0.857. The van der Waals surface area contributed by atoms with Crippen molar-refractivity contribution in [3.63, 3.8) is 0 Å². The average molecular weight is 268 g/mol. The van der Waals surface area contributed by atoms with Crippen LogP contribution in [0.2, 0.25) is 0 Å². The quantitative estimate of drug-likeness (QED) is 0.806. The molecule has 108 valence electrons. The monoisotopic (exact) mass is 268 g/mol. The minimum absolute atomic E-state index is 0.00695. The lowest BCUT2D eigenvalue weighted by Gasteiger charge is -2.41. The van der Waals surface area contributed by atoms with Crippen molar-refractivity contribution in [3.05, 3.63) is 0 Å². The molecule has 0 bridgehead atoms. The number of carbonyl (C=O) groups is 2. The SMILES string of the molecule is CC1CCCCC1(NC(=O)N1CCCCC1)C(=O)O. The maximum Gasteiger partial charge on any atom is 0.329 e. The van der Waals surface area contributed by atoms with E-state index in [9.17, 15) is 14.7 Å². The smallest absolute Gasteiger partial charge is 0.329 e. The number of carboxylic acid groups (broad SMARTS) is 1. The third kappa shape index (κ3) is 2.85. The van der Waals surface area contributed by atoms with E-state index in [0.717, 1.165) is 51.6 Å². The minimum atomic E-state index is -1.06. The van der Waals surface area contributed by atoms with E-state index in [-0.39, 0.29) is 11.9 Å². The van der Waals surface area contributed by atoms with Crippen LogP contribution in [0.15, 0.2) is 0 Å². The first-order valence-corrected chi connectivity index (χ1v) is 7.37. The normalized spacial score (nSPS) is 31.8. The van der Waals surface area contributed by atoms with Crippen molar-refractivity contribution in [2.45, 2.75) is 57.4 Å². The number of nitrogens with one attached hydrogen (secondary N) is 1. The maximum atomic E-state index is 12.3. The number of aliphatic carboxylic acids is 1. The van der Waals surface area contributed by atoms with Gasteiger partial charge in [-0.1, -0.05) is 19.8 Å². The second-order valence-electron chi connectivity index (χ2n) is 5.90. The van der Waals surface area contributed by atoms with Gasteiger partial charge in [0.1, 0.15) is 5.54 Å². The Kier molecular flexibility index (Phi) is 4.32. The Morgan fingerprint density at radius 3 is 2.42 bits per heavy atom. The van der Waals surface area contributed by atoms with E-state index < -0.39 is 11.5 Å². The van der Waals surface area contributed by atoms with E-state index in [4.69, 9.17) is 0 Å². The number of piperidine rings is 1. The molecule has 2 aliphatic rings. The van der Waals surface area contributed by atoms with Crippen molar-refractivity contribution in [3.8, 4) is 0 Å². The molecular weight excluding hydrogens is 244 g/mol. The van der Waals surface area contributed by atoms with E-state index in [2.05, 4.69) is 5.32 Å². The van der Waals surface area contributed by atoms with Crippen molar-refractivity contribution in [1.82, 2.24) is 10.2 Å². The number of hydrogen-bond donors (Lipinski definition) is 2. The van der Waals surface area contributed by atoms with Crippen LogP contribution in [0.3, 0.4) is 0 Å². The second-order valence-corrected chi connectivity index (χ2v) is 5.90. The van der Waals surface area contributed by atoms with Gasteiger partial charge in [-0.3, -0.25) is 0 Å². The van der Waals surface area contributed by atoms with Gasteiger partial charge in [0.15, 0.2) is 0 Å². The number of rotatable bonds is 2. The molecule has 0 aromatic rings. The van der Waals surface area contributed by atoms with Gasteiger partial charge in [0.2, 0.25) is 0 Å². The summed E-state index contributed by atoms with van der Waals surface area (Å²) < 4.78 is 0. The molecule has 2 N–H and O–H groups in total. The van der Waals surface area contributed by atoms with Crippen LogP contribution in [0.25, 0.3) is 0 Å². The van der Waals surface area contributed by atoms with Crippen molar-refractivity contribution < 1.29 is 14.7 Å². The Balaban J connectivity index is 2.07. The minimum Gasteiger partial charge on any atom is -0.479 e. The molecule has 0 spiro atoms. The number of nitrogens with zero attached hydrogens (tertiary/aromatic N) is 1. The summed E-state index contributed by atoms with van der Waals surface area (Å²) in [5.41, 5.74) is -1.06. The fourth-order valence-electron chi connectivity index (χ4n) is 3.27. The zero-order valence-electron chi connectivity index (χ0n) is 11.7. The zero-order valence-corrected chi connectivity index (χ0v) is 11.7. The first-order valence-electron chi connectivity index (χ1n) is 7.37. The van der Waals surface area contributed by atoms with Gasteiger partial charge < -0.3 is 15.3 Å². The predicted molar refractivity (Wildman–Crippen MR) is 72.0 cm³/mol. The molecule has 0 radical (unpaired) electrons. The highest BCUT2D eigenvalue weighted by Crippen LogP contribution is 2.34. The van der Waals surface area contributed by atoms with E-state index in [1.165, 1.54) is 0 Å². The van der Waals surface area contributed by atoms with Crippen LogP contribution in [0.5, 0.6) is 0 Å². The van der Waals surface area contributed by atoms with E-state index in [0.29, 0.717) is 6.42 Å². The molecule has 1 heterocycles. The number of amides is 2. The predicted octanol–water partition coefficient (Wildman–Crippen LogP) is 2.22. The third-order valence-electron chi connectivity index (χ3n) is 4.65. The molecule has 2 fully saturated rings. The van der Waals surface area contributed by atoms with Crippen molar-refractivity contribution in [2.75, 3.05) is 13.1 Å². The molecule has 5 heteroatoms. The lowest BCUT2D eigenvalue weighted by molar-refractivity contribution is -0.148. The van der Waals surface area contributed by atoms with Crippen LogP contribution in [0, 0.1) is 5.92 Å². The highest BCUT2D eigenvalue weighted by atomic mass is 16.4. The Hall–Kier alpha value is -1.26. The van der Waals surface area contributed by atoms with Gasteiger partial charge in [-0.15, -0.1) is 0 Å². The van der Waals surface area contributed by atoms with Gasteiger partial charge in [-0.2, -0.15) is 0 Å². The topological polar surface area (TPSA) is 69.6 Å². The largest absolute Gasteiger partial charge is 0.479 e. The Morgan fingerprint density at radius 2 is 1.84 bits per heavy atom. The summed E-state index contributed by atoms with van der Waals surface area (Å²) in [4.78, 5) is 25.7. The van der Waals surface area contributed by atoms with Crippen LogP contribution in [-0.4, -0.2) is 40.6 Å². The summed E-state index contributed by atoms with van der Waals surface area (Å²) in [7, 11) is 0. The third-order valence-corrected chi connectivity index (χ3v) is 4.65. The highest BCUT2D eigenvalue weighted by molar-refractivity contribution is 5.86. The Bertz CT molecular complexity index is 353. The number of hydrogen-bond acceptors (Lipinski definition) is 2. The van der Waals surface area contributed by atoms with Crippen LogP contribution in [0.4, 0.5) is 4.79 Å². The highest BCUT2D eigenvalue weighted by Gasteiger charge is 2.46. The standard InChI is InChI=1S/C14H24N2O3/c1-11-7-3-4-8-14(11,12(17)18)15-13(19)16-9-5-2-6-10-16/h11H,2-10H2,1H3,(H,15,19)(H,17,18). The zero-order chi connectivity index (χ0) is 13.9. The van der Waals surface area contributed by atoms with Crippen molar-refractivity contribution in [1.29, 1.82) is 0 Å². The molecule has 1 aliphatic carbocycles. The van der Waals surface area contributed by atoms with Gasteiger partial charge in [0, 0.05) is 13.1 Å². The number of urea groups is 1. The van der Waals surface area contributed by atoms with Gasteiger partial charge >= 0.3 is 12.0 Å². The molecule has 2 amide bonds. The molecule has 2 unspecified atom stereocenters. The first-order chi connectivity index (χ1) is 9.06. The summed E-state index contributed by atoms with van der Waals surface area (Å²) in [5, 5.41) is 12.4. The molecule has 0 aromatic carbocycles. The first kappa shape index (κ1) is 14.2. The van der Waals surface area contributed by atoms with Crippen LogP contribution in [-0.2, 0) is 4.79 Å². The van der Waals surface area contributed by atoms with Crippen LogP contribution >= 0.6 is 0 Å². The lowest BCUT2D eigenvalue weighted by atomic mass is 9.73. The van der Waals surface area contributed by atoms with Gasteiger partial charge in [0.05, 0.1) is 0 Å². The second kappa shape index (κ2) is 5.80. The lowest BCUT2D eigenvalue weighted by Crippen LogP contribution is -2.62. The fourth-order valence-corrected chi connectivity index (χ4v) is 3.27. The summed E-state index contributed by atoms with van der Waals surface area (Å²) in [6, 6.07) is -0.198.